The van der Waals surface area contributed by atoms with Crippen molar-refractivity contribution in [2.45, 2.75) is 19.9 Å². The number of hydrazine groups is 1. The third kappa shape index (κ3) is 2.57. The number of anilines is 2. The molecule has 1 unspecified atom stereocenters. The summed E-state index contributed by atoms with van der Waals surface area (Å²) >= 11 is 0. The fourth-order valence-electron chi connectivity index (χ4n) is 1.77. The molecule has 1 aromatic carbocycles. The van der Waals surface area contributed by atoms with Crippen LogP contribution in [0.25, 0.3) is 0 Å². The van der Waals surface area contributed by atoms with Crippen LogP contribution < -0.4 is 16.6 Å². The molecule has 0 spiro atoms. The van der Waals surface area contributed by atoms with Crippen molar-refractivity contribution in [2.24, 2.45) is 5.84 Å². The number of hydrogen-bond donors (Lipinski definition) is 3. The quantitative estimate of drug-likeness (QED) is 0.567. The molecule has 0 bridgehead atoms. The van der Waals surface area contributed by atoms with E-state index in [4.69, 9.17) is 5.84 Å². The van der Waals surface area contributed by atoms with Crippen LogP contribution in [-0.4, -0.2) is 9.97 Å². The van der Waals surface area contributed by atoms with Crippen molar-refractivity contribution in [3.8, 4) is 0 Å². The Hall–Kier alpha value is -2.14. The predicted molar refractivity (Wildman–Crippen MR) is 73.1 cm³/mol. The lowest BCUT2D eigenvalue weighted by atomic mass is 10.1. The molecule has 2 aromatic rings. The minimum absolute atomic E-state index is 0.172. The average molecular weight is 243 g/mol. The van der Waals surface area contributed by atoms with E-state index in [1.807, 2.05) is 25.1 Å². The maximum atomic E-state index is 5.39. The summed E-state index contributed by atoms with van der Waals surface area (Å²) in [5.41, 5.74) is 4.67. The summed E-state index contributed by atoms with van der Waals surface area (Å²) in [5, 5.41) is 3.35. The van der Waals surface area contributed by atoms with Crippen LogP contribution in [0.2, 0.25) is 0 Å². The Bertz CT molecular complexity index is 512. The minimum Gasteiger partial charge on any atom is -0.363 e. The SMILES string of the molecule is Cc1c(NN)ncnc1NC(C)c1ccccc1. The van der Waals surface area contributed by atoms with Gasteiger partial charge < -0.3 is 10.7 Å². The van der Waals surface area contributed by atoms with E-state index < -0.39 is 0 Å². The Morgan fingerprint density at radius 2 is 1.78 bits per heavy atom. The van der Waals surface area contributed by atoms with E-state index in [2.05, 4.69) is 39.8 Å². The minimum atomic E-state index is 0.172. The number of aromatic nitrogens is 2. The summed E-state index contributed by atoms with van der Waals surface area (Å²) in [7, 11) is 0. The van der Waals surface area contributed by atoms with E-state index in [0.717, 1.165) is 11.4 Å². The highest BCUT2D eigenvalue weighted by atomic mass is 15.3. The molecule has 2 rings (SSSR count). The summed E-state index contributed by atoms with van der Waals surface area (Å²) < 4.78 is 0. The lowest BCUT2D eigenvalue weighted by Gasteiger charge is -2.17. The molecule has 94 valence electrons. The summed E-state index contributed by atoms with van der Waals surface area (Å²) in [6.45, 7) is 4.02. The Labute approximate surface area is 106 Å². The largest absolute Gasteiger partial charge is 0.363 e. The molecule has 0 aliphatic carbocycles. The van der Waals surface area contributed by atoms with E-state index in [-0.39, 0.29) is 6.04 Å². The highest BCUT2D eigenvalue weighted by Crippen LogP contribution is 2.22. The molecule has 1 aromatic heterocycles. The molecule has 1 atom stereocenters. The first-order chi connectivity index (χ1) is 8.72. The van der Waals surface area contributed by atoms with Crippen molar-refractivity contribution in [1.29, 1.82) is 0 Å². The molecule has 5 nitrogen and oxygen atoms in total. The monoisotopic (exact) mass is 243 g/mol. The Balaban J connectivity index is 2.19. The number of rotatable bonds is 4. The van der Waals surface area contributed by atoms with Gasteiger partial charge in [-0.15, -0.1) is 0 Å². The van der Waals surface area contributed by atoms with E-state index >= 15 is 0 Å². The van der Waals surface area contributed by atoms with E-state index in [9.17, 15) is 0 Å². The number of nitrogen functional groups attached to an aromatic ring is 1. The maximum Gasteiger partial charge on any atom is 0.148 e. The second kappa shape index (κ2) is 5.46. The topological polar surface area (TPSA) is 75.9 Å². The van der Waals surface area contributed by atoms with E-state index in [0.29, 0.717) is 5.82 Å². The fraction of sp³-hybridized carbons (Fsp3) is 0.231. The first-order valence-corrected chi connectivity index (χ1v) is 5.82. The van der Waals surface area contributed by atoms with Crippen LogP contribution in [0.15, 0.2) is 36.7 Å². The standard InChI is InChI=1S/C13H17N5/c1-9-12(15-8-16-13(9)18-14)17-10(2)11-6-4-3-5-7-11/h3-8,10H,14H2,1-2H3,(H2,15,16,17,18). The Kier molecular flexibility index (Phi) is 3.74. The van der Waals surface area contributed by atoms with Crippen LogP contribution in [-0.2, 0) is 0 Å². The number of nitrogens with one attached hydrogen (secondary N) is 2. The third-order valence-corrected chi connectivity index (χ3v) is 2.87. The van der Waals surface area contributed by atoms with Gasteiger partial charge in [0.2, 0.25) is 0 Å². The van der Waals surface area contributed by atoms with Crippen LogP contribution in [0.3, 0.4) is 0 Å². The van der Waals surface area contributed by atoms with E-state index in [1.54, 1.807) is 0 Å². The number of benzene rings is 1. The van der Waals surface area contributed by atoms with Gasteiger partial charge in [0.25, 0.3) is 0 Å². The molecule has 0 saturated heterocycles. The van der Waals surface area contributed by atoms with Crippen LogP contribution in [0.1, 0.15) is 24.1 Å². The van der Waals surface area contributed by atoms with Crippen LogP contribution in [0, 0.1) is 6.92 Å². The van der Waals surface area contributed by atoms with Crippen molar-refractivity contribution in [2.75, 3.05) is 10.7 Å². The van der Waals surface area contributed by atoms with Gasteiger partial charge in [-0.3, -0.25) is 0 Å². The van der Waals surface area contributed by atoms with Gasteiger partial charge in [-0.2, -0.15) is 0 Å². The highest BCUT2D eigenvalue weighted by molar-refractivity contribution is 5.56. The van der Waals surface area contributed by atoms with Crippen molar-refractivity contribution in [1.82, 2.24) is 9.97 Å². The molecule has 0 radical (unpaired) electrons. The Morgan fingerprint density at radius 3 is 2.44 bits per heavy atom. The lowest BCUT2D eigenvalue weighted by Crippen LogP contribution is -2.14. The zero-order valence-corrected chi connectivity index (χ0v) is 10.5. The molecule has 0 aliphatic heterocycles. The van der Waals surface area contributed by atoms with Gasteiger partial charge in [-0.25, -0.2) is 15.8 Å². The molecule has 1 heterocycles. The van der Waals surface area contributed by atoms with Gasteiger partial charge in [-0.05, 0) is 19.4 Å². The first kappa shape index (κ1) is 12.3. The van der Waals surface area contributed by atoms with Gasteiger partial charge in [0, 0.05) is 11.6 Å². The van der Waals surface area contributed by atoms with Crippen molar-refractivity contribution >= 4 is 11.6 Å². The van der Waals surface area contributed by atoms with Gasteiger partial charge >= 0.3 is 0 Å². The molecular weight excluding hydrogens is 226 g/mol. The summed E-state index contributed by atoms with van der Waals surface area (Å²) in [4.78, 5) is 8.28. The van der Waals surface area contributed by atoms with Crippen molar-refractivity contribution < 1.29 is 0 Å². The fourth-order valence-corrected chi connectivity index (χ4v) is 1.77. The van der Waals surface area contributed by atoms with Crippen LogP contribution >= 0.6 is 0 Å². The highest BCUT2D eigenvalue weighted by Gasteiger charge is 2.10. The second-order valence-electron chi connectivity index (χ2n) is 4.12. The molecule has 0 fully saturated rings. The van der Waals surface area contributed by atoms with Gasteiger partial charge in [-0.1, -0.05) is 30.3 Å². The molecule has 18 heavy (non-hydrogen) atoms. The zero-order valence-electron chi connectivity index (χ0n) is 10.5. The Morgan fingerprint density at radius 1 is 1.11 bits per heavy atom. The third-order valence-electron chi connectivity index (χ3n) is 2.87. The van der Waals surface area contributed by atoms with Gasteiger partial charge in [0.05, 0.1) is 0 Å². The molecule has 4 N–H and O–H groups in total. The van der Waals surface area contributed by atoms with Gasteiger partial charge in [0.15, 0.2) is 0 Å². The van der Waals surface area contributed by atoms with Crippen LogP contribution in [0.4, 0.5) is 11.6 Å². The zero-order chi connectivity index (χ0) is 13.0. The summed E-state index contributed by atoms with van der Waals surface area (Å²) in [6, 6.07) is 10.4. The lowest BCUT2D eigenvalue weighted by molar-refractivity contribution is 0.868. The summed E-state index contributed by atoms with van der Waals surface area (Å²) in [5.74, 6) is 6.81. The van der Waals surface area contributed by atoms with Crippen LogP contribution in [0.5, 0.6) is 0 Å². The maximum absolute atomic E-state index is 5.39. The second-order valence-corrected chi connectivity index (χ2v) is 4.12. The number of nitrogens with two attached hydrogens (primary N) is 1. The average Bonchev–Trinajstić information content (AvgIpc) is 2.42. The predicted octanol–water partition coefficient (Wildman–Crippen LogP) is 2.24. The normalized spacial score (nSPS) is 11.9. The molecule has 0 amide bonds. The van der Waals surface area contributed by atoms with E-state index in [1.165, 1.54) is 11.9 Å². The van der Waals surface area contributed by atoms with Gasteiger partial charge in [0.1, 0.15) is 18.0 Å². The number of nitrogens with zero attached hydrogens (tertiary/aromatic N) is 2. The van der Waals surface area contributed by atoms with Crippen molar-refractivity contribution in [3.63, 3.8) is 0 Å². The summed E-state index contributed by atoms with van der Waals surface area (Å²) in [6.07, 6.45) is 1.49. The molecule has 5 heteroatoms. The number of hydrogen-bond acceptors (Lipinski definition) is 5. The molecule has 0 saturated carbocycles. The molecular formula is C13H17N5. The first-order valence-electron chi connectivity index (χ1n) is 5.82. The smallest absolute Gasteiger partial charge is 0.148 e. The van der Waals surface area contributed by atoms with Crippen molar-refractivity contribution in [3.05, 3.63) is 47.8 Å². The molecule has 0 aliphatic rings.